The predicted octanol–water partition coefficient (Wildman–Crippen LogP) is 0.657. The van der Waals surface area contributed by atoms with E-state index < -0.39 is 12.0 Å². The van der Waals surface area contributed by atoms with Gasteiger partial charge in [0.05, 0.1) is 18.0 Å². The van der Waals surface area contributed by atoms with Crippen molar-refractivity contribution in [1.82, 2.24) is 9.80 Å². The van der Waals surface area contributed by atoms with E-state index in [0.29, 0.717) is 12.2 Å². The normalized spacial score (nSPS) is 25.0. The summed E-state index contributed by atoms with van der Waals surface area (Å²) in [4.78, 5) is 26.3. The molecule has 1 aliphatic rings. The van der Waals surface area contributed by atoms with E-state index in [4.69, 9.17) is 10.2 Å². The first-order chi connectivity index (χ1) is 8.43. The van der Waals surface area contributed by atoms with Crippen LogP contribution >= 0.6 is 11.8 Å². The van der Waals surface area contributed by atoms with Crippen molar-refractivity contribution in [2.24, 2.45) is 0 Å². The first kappa shape index (κ1) is 15.1. The summed E-state index contributed by atoms with van der Waals surface area (Å²) in [5.74, 6) is -0.558. The zero-order valence-corrected chi connectivity index (χ0v) is 11.7. The molecule has 0 spiro atoms. The van der Waals surface area contributed by atoms with Gasteiger partial charge in [-0.1, -0.05) is 6.92 Å². The summed E-state index contributed by atoms with van der Waals surface area (Å²) in [7, 11) is 1.58. The molecule has 2 amide bonds. The van der Waals surface area contributed by atoms with Gasteiger partial charge in [-0.25, -0.2) is 9.59 Å². The van der Waals surface area contributed by atoms with Gasteiger partial charge < -0.3 is 15.1 Å². The van der Waals surface area contributed by atoms with Gasteiger partial charge in [0.2, 0.25) is 0 Å². The SMILES string of the molecule is CCC1SCC(C(=O)O)N1C(=O)N(C)C(C)CO. The molecule has 7 heteroatoms. The second-order valence-corrected chi connectivity index (χ2v) is 5.59. The van der Waals surface area contributed by atoms with E-state index in [1.54, 1.807) is 14.0 Å². The molecular weight excluding hydrogens is 256 g/mol. The average molecular weight is 276 g/mol. The number of carbonyl (C=O) groups is 2. The minimum absolute atomic E-state index is 0.105. The van der Waals surface area contributed by atoms with Crippen LogP contribution in [0.4, 0.5) is 4.79 Å². The Morgan fingerprint density at radius 3 is 2.61 bits per heavy atom. The molecule has 0 aromatic carbocycles. The summed E-state index contributed by atoms with van der Waals surface area (Å²) in [5, 5.41) is 18.1. The number of likely N-dealkylation sites (N-methyl/N-ethyl adjacent to an activating group) is 1. The number of hydrogen-bond acceptors (Lipinski definition) is 4. The number of thioether (sulfide) groups is 1. The van der Waals surface area contributed by atoms with Crippen molar-refractivity contribution in [2.75, 3.05) is 19.4 Å². The lowest BCUT2D eigenvalue weighted by Gasteiger charge is -2.33. The molecule has 3 atom stereocenters. The van der Waals surface area contributed by atoms with Crippen LogP contribution in [0, 0.1) is 0 Å². The number of aliphatic hydroxyl groups excluding tert-OH is 1. The Hall–Kier alpha value is -0.950. The Bertz CT molecular complexity index is 326. The van der Waals surface area contributed by atoms with E-state index in [0.717, 1.165) is 0 Å². The van der Waals surface area contributed by atoms with Crippen molar-refractivity contribution >= 4 is 23.8 Å². The molecule has 1 aliphatic heterocycles. The standard InChI is InChI=1S/C11H20N2O4S/c1-4-9-13(8(6-18-9)10(15)16)11(17)12(3)7(2)5-14/h7-9,14H,4-6H2,1-3H3,(H,15,16). The molecule has 1 rings (SSSR count). The van der Waals surface area contributed by atoms with E-state index in [-0.39, 0.29) is 24.1 Å². The van der Waals surface area contributed by atoms with E-state index in [2.05, 4.69) is 0 Å². The van der Waals surface area contributed by atoms with Crippen LogP contribution in [0.25, 0.3) is 0 Å². The van der Waals surface area contributed by atoms with Gasteiger partial charge >= 0.3 is 12.0 Å². The Balaban J connectivity index is 2.87. The van der Waals surface area contributed by atoms with Crippen molar-refractivity contribution < 1.29 is 19.8 Å². The molecule has 3 unspecified atom stereocenters. The number of amides is 2. The second-order valence-electron chi connectivity index (χ2n) is 4.38. The van der Waals surface area contributed by atoms with Gasteiger partial charge in [0.25, 0.3) is 0 Å². The molecule has 1 fully saturated rings. The van der Waals surface area contributed by atoms with Crippen molar-refractivity contribution in [3.8, 4) is 0 Å². The average Bonchev–Trinajstić information content (AvgIpc) is 2.79. The van der Waals surface area contributed by atoms with E-state index in [1.165, 1.54) is 21.6 Å². The lowest BCUT2D eigenvalue weighted by atomic mass is 10.2. The number of rotatable bonds is 4. The third-order valence-electron chi connectivity index (χ3n) is 3.17. The Morgan fingerprint density at radius 2 is 2.17 bits per heavy atom. The lowest BCUT2D eigenvalue weighted by Crippen LogP contribution is -2.53. The summed E-state index contributed by atoms with van der Waals surface area (Å²) < 4.78 is 0. The second kappa shape index (κ2) is 6.29. The number of aliphatic carboxylic acids is 1. The number of nitrogens with zero attached hydrogens (tertiary/aromatic N) is 2. The molecule has 0 aliphatic carbocycles. The van der Waals surface area contributed by atoms with E-state index >= 15 is 0 Å². The number of carboxylic acid groups (broad SMARTS) is 1. The summed E-state index contributed by atoms with van der Waals surface area (Å²) in [6.07, 6.45) is 0.710. The summed E-state index contributed by atoms with van der Waals surface area (Å²) in [6, 6.07) is -1.43. The quantitative estimate of drug-likeness (QED) is 0.788. The topological polar surface area (TPSA) is 81.1 Å². The Kier molecular flexibility index (Phi) is 5.28. The maximum atomic E-state index is 12.3. The maximum Gasteiger partial charge on any atom is 0.327 e. The van der Waals surface area contributed by atoms with Gasteiger partial charge in [0.1, 0.15) is 6.04 Å². The lowest BCUT2D eigenvalue weighted by molar-refractivity contribution is -0.141. The molecule has 0 bridgehead atoms. The highest BCUT2D eigenvalue weighted by molar-refractivity contribution is 8.00. The third-order valence-corrected chi connectivity index (χ3v) is 4.63. The first-order valence-corrected chi connectivity index (χ1v) is 6.99. The van der Waals surface area contributed by atoms with Crippen LogP contribution in [0.5, 0.6) is 0 Å². The monoisotopic (exact) mass is 276 g/mol. The molecule has 0 aromatic rings. The van der Waals surface area contributed by atoms with Gasteiger partial charge in [0, 0.05) is 12.8 Å². The fourth-order valence-electron chi connectivity index (χ4n) is 1.82. The minimum Gasteiger partial charge on any atom is -0.480 e. The highest BCUT2D eigenvalue weighted by Crippen LogP contribution is 2.32. The van der Waals surface area contributed by atoms with Crippen LogP contribution < -0.4 is 0 Å². The highest BCUT2D eigenvalue weighted by atomic mass is 32.2. The smallest absolute Gasteiger partial charge is 0.327 e. The van der Waals surface area contributed by atoms with Crippen LogP contribution in [-0.4, -0.2) is 68.9 Å². The van der Waals surface area contributed by atoms with Gasteiger partial charge in [-0.05, 0) is 13.3 Å². The molecule has 2 N–H and O–H groups in total. The molecule has 6 nitrogen and oxygen atoms in total. The Morgan fingerprint density at radius 1 is 1.56 bits per heavy atom. The largest absolute Gasteiger partial charge is 0.480 e. The van der Waals surface area contributed by atoms with Gasteiger partial charge in [-0.15, -0.1) is 11.8 Å². The summed E-state index contributed by atoms with van der Waals surface area (Å²) in [6.45, 7) is 3.51. The molecule has 0 saturated carbocycles. The van der Waals surface area contributed by atoms with Gasteiger partial charge in [-0.2, -0.15) is 0 Å². The predicted molar refractivity (Wildman–Crippen MR) is 69.5 cm³/mol. The van der Waals surface area contributed by atoms with Crippen molar-refractivity contribution in [2.45, 2.75) is 37.7 Å². The number of aliphatic hydroxyl groups is 1. The maximum absolute atomic E-state index is 12.3. The number of carbonyl (C=O) groups excluding carboxylic acids is 1. The van der Waals surface area contributed by atoms with Crippen LogP contribution in [-0.2, 0) is 4.79 Å². The third kappa shape index (κ3) is 2.89. The van der Waals surface area contributed by atoms with Crippen molar-refractivity contribution in [3.05, 3.63) is 0 Å². The van der Waals surface area contributed by atoms with Gasteiger partial charge in [-0.3, -0.25) is 4.90 Å². The van der Waals surface area contributed by atoms with Crippen LogP contribution in [0.15, 0.2) is 0 Å². The van der Waals surface area contributed by atoms with E-state index in [9.17, 15) is 9.59 Å². The van der Waals surface area contributed by atoms with Crippen molar-refractivity contribution in [1.29, 1.82) is 0 Å². The molecule has 18 heavy (non-hydrogen) atoms. The molecule has 1 heterocycles. The number of urea groups is 1. The Labute approximate surface area is 111 Å². The zero-order valence-electron chi connectivity index (χ0n) is 10.9. The molecular formula is C11H20N2O4S. The molecule has 0 radical (unpaired) electrons. The van der Waals surface area contributed by atoms with E-state index in [1.807, 2.05) is 6.92 Å². The first-order valence-electron chi connectivity index (χ1n) is 5.94. The fraction of sp³-hybridized carbons (Fsp3) is 0.818. The molecule has 104 valence electrons. The zero-order chi connectivity index (χ0) is 13.9. The highest BCUT2D eigenvalue weighted by Gasteiger charge is 2.42. The fourth-order valence-corrected chi connectivity index (χ4v) is 3.16. The summed E-state index contributed by atoms with van der Waals surface area (Å²) >= 11 is 1.49. The molecule has 1 saturated heterocycles. The van der Waals surface area contributed by atoms with Crippen molar-refractivity contribution in [3.63, 3.8) is 0 Å². The minimum atomic E-state index is -0.975. The summed E-state index contributed by atoms with van der Waals surface area (Å²) in [5.41, 5.74) is 0. The number of carboxylic acids is 1. The number of hydrogen-bond donors (Lipinski definition) is 2. The van der Waals surface area contributed by atoms with Crippen LogP contribution in [0.2, 0.25) is 0 Å². The van der Waals surface area contributed by atoms with Crippen LogP contribution in [0.3, 0.4) is 0 Å². The molecule has 0 aromatic heterocycles. The van der Waals surface area contributed by atoms with Crippen LogP contribution in [0.1, 0.15) is 20.3 Å². The van der Waals surface area contributed by atoms with Gasteiger partial charge in [0.15, 0.2) is 0 Å².